The molecule has 2 unspecified atom stereocenters. The molecule has 0 saturated carbocycles. The van der Waals surface area contributed by atoms with E-state index in [0.29, 0.717) is 18.0 Å². The molecule has 1 fully saturated rings. The van der Waals surface area contributed by atoms with Gasteiger partial charge in [0, 0.05) is 44.8 Å². The van der Waals surface area contributed by atoms with Gasteiger partial charge in [0.05, 0.1) is 13.2 Å². The monoisotopic (exact) mass is 286 g/mol. The molecule has 1 aliphatic rings. The summed E-state index contributed by atoms with van der Waals surface area (Å²) < 4.78 is 11.0. The van der Waals surface area contributed by atoms with E-state index in [-0.39, 0.29) is 0 Å². The van der Waals surface area contributed by atoms with Crippen LogP contribution in [0.3, 0.4) is 0 Å². The Morgan fingerprint density at radius 1 is 1.30 bits per heavy atom. The zero-order valence-corrected chi connectivity index (χ0v) is 13.9. The van der Waals surface area contributed by atoms with Crippen molar-refractivity contribution in [2.75, 3.05) is 46.6 Å². The summed E-state index contributed by atoms with van der Waals surface area (Å²) in [6.07, 6.45) is 3.55. The van der Waals surface area contributed by atoms with Gasteiger partial charge in [-0.3, -0.25) is 4.90 Å². The van der Waals surface area contributed by atoms with Crippen LogP contribution < -0.4 is 5.32 Å². The summed E-state index contributed by atoms with van der Waals surface area (Å²) in [5.41, 5.74) is 0. The molecule has 0 spiro atoms. The fourth-order valence-electron chi connectivity index (χ4n) is 3.25. The van der Waals surface area contributed by atoms with E-state index in [1.54, 1.807) is 7.11 Å². The minimum Gasteiger partial charge on any atom is -0.383 e. The summed E-state index contributed by atoms with van der Waals surface area (Å²) in [6.45, 7) is 12.6. The third-order valence-corrected chi connectivity index (χ3v) is 4.45. The Kier molecular flexibility index (Phi) is 9.44. The Morgan fingerprint density at radius 2 is 2.05 bits per heavy atom. The molecular formula is C16H34N2O2. The van der Waals surface area contributed by atoms with Crippen molar-refractivity contribution in [2.24, 2.45) is 5.92 Å². The Hall–Kier alpha value is -0.160. The minimum atomic E-state index is 0.598. The fraction of sp³-hybridized carbons (Fsp3) is 1.00. The summed E-state index contributed by atoms with van der Waals surface area (Å²) in [5.74, 6) is 0.598. The number of hydrogen-bond donors (Lipinski definition) is 1. The van der Waals surface area contributed by atoms with Crippen molar-refractivity contribution in [3.05, 3.63) is 0 Å². The van der Waals surface area contributed by atoms with Gasteiger partial charge in [-0.05, 0) is 25.8 Å². The molecule has 0 radical (unpaired) electrons. The normalized spacial score (nSPS) is 23.7. The summed E-state index contributed by atoms with van der Waals surface area (Å²) in [7, 11) is 1.79. The largest absolute Gasteiger partial charge is 0.383 e. The van der Waals surface area contributed by atoms with Gasteiger partial charge < -0.3 is 14.8 Å². The third-order valence-electron chi connectivity index (χ3n) is 4.45. The van der Waals surface area contributed by atoms with E-state index < -0.39 is 0 Å². The lowest BCUT2D eigenvalue weighted by Gasteiger charge is -2.38. The lowest BCUT2D eigenvalue weighted by atomic mass is 9.94. The van der Waals surface area contributed by atoms with E-state index in [4.69, 9.17) is 9.47 Å². The van der Waals surface area contributed by atoms with Gasteiger partial charge in [0.25, 0.3) is 0 Å². The molecule has 0 amide bonds. The highest BCUT2D eigenvalue weighted by molar-refractivity contribution is 4.83. The van der Waals surface area contributed by atoms with Gasteiger partial charge in [-0.1, -0.05) is 20.8 Å². The van der Waals surface area contributed by atoms with Crippen molar-refractivity contribution in [2.45, 2.75) is 52.1 Å². The van der Waals surface area contributed by atoms with Gasteiger partial charge in [-0.2, -0.15) is 0 Å². The molecule has 1 aliphatic heterocycles. The predicted octanol–water partition coefficient (Wildman–Crippen LogP) is 2.14. The van der Waals surface area contributed by atoms with Crippen LogP contribution in [0.25, 0.3) is 0 Å². The van der Waals surface area contributed by atoms with E-state index in [2.05, 4.69) is 31.0 Å². The molecule has 1 N–H and O–H groups in total. The summed E-state index contributed by atoms with van der Waals surface area (Å²) in [5, 5.41) is 3.63. The Labute approximate surface area is 125 Å². The maximum absolute atomic E-state index is 5.71. The molecule has 0 aliphatic carbocycles. The average Bonchev–Trinajstić information content (AvgIpc) is 2.48. The van der Waals surface area contributed by atoms with Crippen molar-refractivity contribution < 1.29 is 9.47 Å². The van der Waals surface area contributed by atoms with E-state index in [1.807, 2.05) is 0 Å². The third kappa shape index (κ3) is 5.68. The first-order valence-electron chi connectivity index (χ1n) is 8.30. The van der Waals surface area contributed by atoms with Crippen LogP contribution in [0.2, 0.25) is 0 Å². The topological polar surface area (TPSA) is 33.7 Å². The molecule has 1 heterocycles. The van der Waals surface area contributed by atoms with E-state index in [9.17, 15) is 0 Å². The van der Waals surface area contributed by atoms with Crippen molar-refractivity contribution >= 4 is 0 Å². The smallest absolute Gasteiger partial charge is 0.0589 e. The highest BCUT2D eigenvalue weighted by Crippen LogP contribution is 2.19. The van der Waals surface area contributed by atoms with Crippen LogP contribution in [-0.2, 0) is 9.47 Å². The van der Waals surface area contributed by atoms with Crippen molar-refractivity contribution in [1.29, 1.82) is 0 Å². The SMILES string of the molecule is CCNC1CCOCC1CN(CCOC)C(CC)CC. The number of rotatable bonds is 10. The lowest BCUT2D eigenvalue weighted by Crippen LogP contribution is -2.50. The van der Waals surface area contributed by atoms with E-state index in [1.165, 1.54) is 12.8 Å². The van der Waals surface area contributed by atoms with Crippen LogP contribution in [0.5, 0.6) is 0 Å². The molecule has 4 heteroatoms. The van der Waals surface area contributed by atoms with Crippen molar-refractivity contribution in [3.63, 3.8) is 0 Å². The van der Waals surface area contributed by atoms with Gasteiger partial charge >= 0.3 is 0 Å². The molecule has 0 aromatic rings. The number of hydrogen-bond acceptors (Lipinski definition) is 4. The molecule has 2 atom stereocenters. The van der Waals surface area contributed by atoms with Crippen molar-refractivity contribution in [1.82, 2.24) is 10.2 Å². The first-order chi connectivity index (χ1) is 9.76. The van der Waals surface area contributed by atoms with Crippen LogP contribution >= 0.6 is 0 Å². The van der Waals surface area contributed by atoms with Gasteiger partial charge in [-0.15, -0.1) is 0 Å². The Morgan fingerprint density at radius 3 is 2.65 bits per heavy atom. The Bertz CT molecular complexity index is 233. The van der Waals surface area contributed by atoms with Crippen LogP contribution in [0.4, 0.5) is 0 Å². The van der Waals surface area contributed by atoms with E-state index in [0.717, 1.165) is 45.9 Å². The second kappa shape index (κ2) is 10.6. The molecule has 0 bridgehead atoms. The van der Waals surface area contributed by atoms with Crippen LogP contribution in [0, 0.1) is 5.92 Å². The zero-order chi connectivity index (χ0) is 14.8. The van der Waals surface area contributed by atoms with Gasteiger partial charge in [0.2, 0.25) is 0 Å². The maximum atomic E-state index is 5.71. The number of ether oxygens (including phenoxy) is 2. The fourth-order valence-corrected chi connectivity index (χ4v) is 3.25. The zero-order valence-electron chi connectivity index (χ0n) is 13.9. The first kappa shape index (κ1) is 17.9. The van der Waals surface area contributed by atoms with E-state index >= 15 is 0 Å². The highest BCUT2D eigenvalue weighted by Gasteiger charge is 2.28. The second-order valence-corrected chi connectivity index (χ2v) is 5.75. The number of methoxy groups -OCH3 is 1. The summed E-state index contributed by atoms with van der Waals surface area (Å²) >= 11 is 0. The average molecular weight is 286 g/mol. The predicted molar refractivity (Wildman–Crippen MR) is 84.2 cm³/mol. The molecule has 1 saturated heterocycles. The Balaban J connectivity index is 2.60. The maximum Gasteiger partial charge on any atom is 0.0589 e. The van der Waals surface area contributed by atoms with Crippen molar-refractivity contribution in [3.8, 4) is 0 Å². The number of nitrogens with one attached hydrogen (secondary N) is 1. The standard InChI is InChI=1S/C16H34N2O2/c1-5-15(6-2)18(9-11-19-4)12-14-13-20-10-8-16(14)17-7-3/h14-17H,5-13H2,1-4H3. The molecule has 0 aromatic carbocycles. The number of nitrogens with zero attached hydrogens (tertiary/aromatic N) is 1. The van der Waals surface area contributed by atoms with Crippen LogP contribution in [0.15, 0.2) is 0 Å². The quantitative estimate of drug-likeness (QED) is 0.667. The van der Waals surface area contributed by atoms with Gasteiger partial charge in [0.1, 0.15) is 0 Å². The molecule has 4 nitrogen and oxygen atoms in total. The van der Waals surface area contributed by atoms with Crippen LogP contribution in [-0.4, -0.2) is 63.5 Å². The molecule has 20 heavy (non-hydrogen) atoms. The van der Waals surface area contributed by atoms with Crippen LogP contribution in [0.1, 0.15) is 40.0 Å². The molecular weight excluding hydrogens is 252 g/mol. The summed E-state index contributed by atoms with van der Waals surface area (Å²) in [6, 6.07) is 1.27. The second-order valence-electron chi connectivity index (χ2n) is 5.75. The molecule has 120 valence electrons. The lowest BCUT2D eigenvalue weighted by molar-refractivity contribution is 0.00480. The summed E-state index contributed by atoms with van der Waals surface area (Å²) in [4.78, 5) is 2.60. The minimum absolute atomic E-state index is 0.598. The van der Waals surface area contributed by atoms with Gasteiger partial charge in [0.15, 0.2) is 0 Å². The van der Waals surface area contributed by atoms with Gasteiger partial charge in [-0.25, -0.2) is 0 Å². The molecule has 0 aromatic heterocycles. The first-order valence-corrected chi connectivity index (χ1v) is 8.30. The molecule has 1 rings (SSSR count). The highest BCUT2D eigenvalue weighted by atomic mass is 16.5.